The summed E-state index contributed by atoms with van der Waals surface area (Å²) in [6, 6.07) is 7.14. The van der Waals surface area contributed by atoms with E-state index in [9.17, 15) is 14.7 Å². The number of imidazole rings is 1. The SMILES string of the molecule is O=C(N[C@H]1C[C@H](C(=O)NCCCn2ccnc2)C[C@@H]1O)c1c[nH]c2ccccc12. The highest BCUT2D eigenvalue weighted by molar-refractivity contribution is 6.06. The lowest BCUT2D eigenvalue weighted by atomic mass is 10.1. The number of carbonyl (C=O) groups excluding carboxylic acids is 2. The number of benzene rings is 1. The monoisotopic (exact) mass is 395 g/mol. The molecule has 2 aromatic heterocycles. The summed E-state index contributed by atoms with van der Waals surface area (Å²) in [5.74, 6) is -0.613. The number of aliphatic hydroxyl groups is 1. The molecule has 152 valence electrons. The molecule has 2 amide bonds. The second-order valence-corrected chi connectivity index (χ2v) is 7.51. The molecule has 0 saturated heterocycles. The zero-order chi connectivity index (χ0) is 20.2. The van der Waals surface area contributed by atoms with E-state index in [0.29, 0.717) is 24.9 Å². The van der Waals surface area contributed by atoms with Gasteiger partial charge >= 0.3 is 0 Å². The van der Waals surface area contributed by atoms with E-state index in [0.717, 1.165) is 23.9 Å². The van der Waals surface area contributed by atoms with Crippen LogP contribution in [0, 0.1) is 5.92 Å². The lowest BCUT2D eigenvalue weighted by Gasteiger charge is -2.16. The first-order chi connectivity index (χ1) is 14.1. The van der Waals surface area contributed by atoms with Gasteiger partial charge in [0.1, 0.15) is 0 Å². The van der Waals surface area contributed by atoms with Crippen LogP contribution in [0.5, 0.6) is 0 Å². The van der Waals surface area contributed by atoms with Gasteiger partial charge in [0.15, 0.2) is 0 Å². The molecule has 1 aliphatic rings. The molecule has 0 bridgehead atoms. The van der Waals surface area contributed by atoms with E-state index in [-0.39, 0.29) is 17.7 Å². The molecule has 1 saturated carbocycles. The van der Waals surface area contributed by atoms with Crippen LogP contribution >= 0.6 is 0 Å². The van der Waals surface area contributed by atoms with Crippen LogP contribution in [-0.2, 0) is 11.3 Å². The summed E-state index contributed by atoms with van der Waals surface area (Å²) in [6.07, 6.45) is 7.89. The van der Waals surface area contributed by atoms with Gasteiger partial charge in [0.2, 0.25) is 5.91 Å². The Labute approximate surface area is 168 Å². The number of carbonyl (C=O) groups is 2. The fraction of sp³-hybridized carbons (Fsp3) is 0.381. The Hall–Kier alpha value is -3.13. The number of aryl methyl sites for hydroxylation is 1. The minimum Gasteiger partial charge on any atom is -0.391 e. The van der Waals surface area contributed by atoms with E-state index in [1.54, 1.807) is 18.7 Å². The molecule has 4 N–H and O–H groups in total. The third kappa shape index (κ3) is 4.32. The molecule has 0 unspecified atom stereocenters. The first kappa shape index (κ1) is 19.2. The number of fused-ring (bicyclic) bond motifs is 1. The van der Waals surface area contributed by atoms with Crippen LogP contribution in [0.4, 0.5) is 0 Å². The van der Waals surface area contributed by atoms with Gasteiger partial charge in [-0.25, -0.2) is 4.98 Å². The van der Waals surface area contributed by atoms with Crippen molar-refractivity contribution in [3.63, 3.8) is 0 Å². The standard InChI is InChI=1S/C21H25N5O3/c27-19-11-14(20(28)23-6-3-8-26-9-7-22-13-26)10-18(19)25-21(29)16-12-24-17-5-2-1-4-15(16)17/h1-2,4-5,7,9,12-14,18-19,24,27H,3,6,8,10-11H2,(H,23,28)(H,25,29)/t14-,18-,19-/m0/s1. The number of aliphatic hydroxyl groups excluding tert-OH is 1. The Morgan fingerprint density at radius 2 is 2.14 bits per heavy atom. The highest BCUT2D eigenvalue weighted by Gasteiger charge is 2.37. The first-order valence-electron chi connectivity index (χ1n) is 9.90. The molecule has 0 aliphatic heterocycles. The van der Waals surface area contributed by atoms with Gasteiger partial charge in [0, 0.05) is 48.5 Å². The van der Waals surface area contributed by atoms with Crippen LogP contribution in [-0.4, -0.2) is 50.1 Å². The lowest BCUT2D eigenvalue weighted by Crippen LogP contribution is -2.40. The van der Waals surface area contributed by atoms with Crippen LogP contribution in [0.3, 0.4) is 0 Å². The predicted molar refractivity (Wildman–Crippen MR) is 108 cm³/mol. The minimum absolute atomic E-state index is 0.0708. The zero-order valence-electron chi connectivity index (χ0n) is 16.0. The normalized spacial score (nSPS) is 21.3. The number of H-pyrrole nitrogens is 1. The molecule has 8 heteroatoms. The van der Waals surface area contributed by atoms with Crippen LogP contribution in [0.25, 0.3) is 10.9 Å². The number of amides is 2. The molecule has 0 radical (unpaired) electrons. The third-order valence-corrected chi connectivity index (χ3v) is 5.50. The Morgan fingerprint density at radius 3 is 2.97 bits per heavy atom. The molecule has 8 nitrogen and oxygen atoms in total. The van der Waals surface area contributed by atoms with E-state index in [4.69, 9.17) is 0 Å². The molecule has 4 rings (SSSR count). The second kappa shape index (κ2) is 8.48. The predicted octanol–water partition coefficient (Wildman–Crippen LogP) is 1.44. The molecular weight excluding hydrogens is 370 g/mol. The molecule has 3 atom stereocenters. The number of aromatic nitrogens is 3. The fourth-order valence-electron chi connectivity index (χ4n) is 3.93. The molecule has 3 aromatic rings. The van der Waals surface area contributed by atoms with Gasteiger partial charge in [-0.15, -0.1) is 0 Å². The second-order valence-electron chi connectivity index (χ2n) is 7.51. The fourth-order valence-corrected chi connectivity index (χ4v) is 3.93. The molecule has 2 heterocycles. The number of aromatic amines is 1. The largest absolute Gasteiger partial charge is 0.391 e. The third-order valence-electron chi connectivity index (χ3n) is 5.50. The van der Waals surface area contributed by atoms with Crippen molar-refractivity contribution in [2.24, 2.45) is 5.92 Å². The highest BCUT2D eigenvalue weighted by Crippen LogP contribution is 2.27. The molecule has 1 aromatic carbocycles. The average molecular weight is 395 g/mol. The van der Waals surface area contributed by atoms with Crippen molar-refractivity contribution < 1.29 is 14.7 Å². The Kier molecular flexibility index (Phi) is 5.62. The van der Waals surface area contributed by atoms with Crippen molar-refractivity contribution in [3.8, 4) is 0 Å². The van der Waals surface area contributed by atoms with E-state index >= 15 is 0 Å². The van der Waals surface area contributed by atoms with E-state index in [1.807, 2.05) is 35.0 Å². The molecule has 1 fully saturated rings. The van der Waals surface area contributed by atoms with Gasteiger partial charge in [-0.1, -0.05) is 18.2 Å². The van der Waals surface area contributed by atoms with Crippen molar-refractivity contribution in [1.29, 1.82) is 0 Å². The van der Waals surface area contributed by atoms with E-state index in [1.165, 1.54) is 0 Å². The van der Waals surface area contributed by atoms with Gasteiger partial charge in [-0.05, 0) is 25.3 Å². The Morgan fingerprint density at radius 1 is 1.28 bits per heavy atom. The number of rotatable bonds is 7. The van der Waals surface area contributed by atoms with Crippen LogP contribution in [0.1, 0.15) is 29.6 Å². The number of hydrogen-bond acceptors (Lipinski definition) is 4. The summed E-state index contributed by atoms with van der Waals surface area (Å²) < 4.78 is 1.96. The summed E-state index contributed by atoms with van der Waals surface area (Å²) in [7, 11) is 0. The van der Waals surface area contributed by atoms with E-state index in [2.05, 4.69) is 20.6 Å². The van der Waals surface area contributed by atoms with Crippen LogP contribution in [0.15, 0.2) is 49.2 Å². The maximum atomic E-state index is 12.7. The molecular formula is C21H25N5O3. The highest BCUT2D eigenvalue weighted by atomic mass is 16.3. The summed E-state index contributed by atoms with van der Waals surface area (Å²) in [5, 5.41) is 17.0. The summed E-state index contributed by atoms with van der Waals surface area (Å²) in [4.78, 5) is 32.2. The average Bonchev–Trinajstić information content (AvgIpc) is 3.45. The summed E-state index contributed by atoms with van der Waals surface area (Å²) in [6.45, 7) is 1.35. The zero-order valence-corrected chi connectivity index (χ0v) is 16.0. The van der Waals surface area contributed by atoms with Gasteiger partial charge in [0.25, 0.3) is 5.91 Å². The van der Waals surface area contributed by atoms with Crippen molar-refractivity contribution in [2.75, 3.05) is 6.54 Å². The minimum atomic E-state index is -0.731. The maximum absolute atomic E-state index is 12.7. The number of para-hydroxylation sites is 1. The Balaban J connectivity index is 1.27. The van der Waals surface area contributed by atoms with Crippen molar-refractivity contribution in [2.45, 2.75) is 38.0 Å². The van der Waals surface area contributed by atoms with Gasteiger partial charge < -0.3 is 25.3 Å². The van der Waals surface area contributed by atoms with Gasteiger partial charge in [0.05, 0.1) is 24.0 Å². The van der Waals surface area contributed by atoms with Crippen molar-refractivity contribution in [1.82, 2.24) is 25.2 Å². The summed E-state index contributed by atoms with van der Waals surface area (Å²) >= 11 is 0. The van der Waals surface area contributed by atoms with E-state index < -0.39 is 12.1 Å². The lowest BCUT2D eigenvalue weighted by molar-refractivity contribution is -0.125. The van der Waals surface area contributed by atoms with Gasteiger partial charge in [-0.2, -0.15) is 0 Å². The number of nitrogens with one attached hydrogen (secondary N) is 3. The molecule has 1 aliphatic carbocycles. The van der Waals surface area contributed by atoms with Crippen molar-refractivity contribution in [3.05, 3.63) is 54.7 Å². The quantitative estimate of drug-likeness (QED) is 0.454. The molecule has 0 spiro atoms. The molecule has 29 heavy (non-hydrogen) atoms. The van der Waals surface area contributed by atoms with Crippen LogP contribution in [0.2, 0.25) is 0 Å². The Bertz CT molecular complexity index is 981. The topological polar surface area (TPSA) is 112 Å². The first-order valence-corrected chi connectivity index (χ1v) is 9.90. The number of nitrogens with zero attached hydrogens (tertiary/aromatic N) is 2. The smallest absolute Gasteiger partial charge is 0.253 e. The van der Waals surface area contributed by atoms with Crippen LogP contribution < -0.4 is 10.6 Å². The van der Waals surface area contributed by atoms with Crippen molar-refractivity contribution >= 4 is 22.7 Å². The van der Waals surface area contributed by atoms with Gasteiger partial charge in [-0.3, -0.25) is 9.59 Å². The summed E-state index contributed by atoms with van der Waals surface area (Å²) in [5.41, 5.74) is 1.43. The number of hydrogen-bond donors (Lipinski definition) is 4. The maximum Gasteiger partial charge on any atom is 0.253 e.